The molecular weight excluding hydrogens is 218 g/mol. The van der Waals surface area contributed by atoms with Crippen LogP contribution in [0.1, 0.15) is 5.69 Å². The van der Waals surface area contributed by atoms with Crippen LogP contribution in [0.2, 0.25) is 0 Å². The van der Waals surface area contributed by atoms with Gasteiger partial charge >= 0.3 is 0 Å². The highest BCUT2D eigenvalue weighted by Crippen LogP contribution is 2.34. The molecular formula is C9H12ClN3O2. The highest BCUT2D eigenvalue weighted by molar-refractivity contribution is 6.29. The zero-order chi connectivity index (χ0) is 11.0. The molecule has 2 rings (SSSR count). The number of aromatic nitrogens is 2. The topological polar surface area (TPSA) is 47.4 Å². The summed E-state index contributed by atoms with van der Waals surface area (Å²) in [4.78, 5) is 13.2. The fourth-order valence-electron chi connectivity index (χ4n) is 1.77. The van der Waals surface area contributed by atoms with E-state index in [1.54, 1.807) is 16.6 Å². The van der Waals surface area contributed by atoms with Gasteiger partial charge in [0.05, 0.1) is 12.2 Å². The molecule has 1 aliphatic heterocycles. The fourth-order valence-corrected chi connectivity index (χ4v) is 1.91. The molecule has 1 aromatic heterocycles. The minimum atomic E-state index is -0.114. The molecule has 0 fully saturated rings. The number of halogens is 1. The summed E-state index contributed by atoms with van der Waals surface area (Å²) in [5, 5.41) is 4.21. The van der Waals surface area contributed by atoms with Crippen LogP contribution in [-0.2, 0) is 11.8 Å². The Hall–Kier alpha value is -1.23. The van der Waals surface area contributed by atoms with Gasteiger partial charge in [0, 0.05) is 7.05 Å². The molecule has 1 aliphatic rings. The van der Waals surface area contributed by atoms with Gasteiger partial charge < -0.3 is 9.64 Å². The maximum Gasteiger partial charge on any atom is 0.242 e. The van der Waals surface area contributed by atoms with Crippen molar-refractivity contribution in [3.05, 3.63) is 5.69 Å². The standard InChI is InChI=1S/C9H12ClN3O2/c1-6-8-9(12(2)11-6)15-4-3-13(8)7(14)5-10/h3-5H2,1-2H3. The minimum Gasteiger partial charge on any atom is -0.474 e. The van der Waals surface area contributed by atoms with Gasteiger partial charge in [-0.25, -0.2) is 4.68 Å². The Morgan fingerprint density at radius 3 is 3.07 bits per heavy atom. The molecule has 0 unspecified atom stereocenters. The number of nitrogens with zero attached hydrogens (tertiary/aromatic N) is 3. The van der Waals surface area contributed by atoms with Crippen molar-refractivity contribution in [3.8, 4) is 5.88 Å². The lowest BCUT2D eigenvalue weighted by atomic mass is 10.3. The number of anilines is 1. The van der Waals surface area contributed by atoms with Crippen LogP contribution in [0.15, 0.2) is 0 Å². The summed E-state index contributed by atoms with van der Waals surface area (Å²) in [5.41, 5.74) is 1.53. The van der Waals surface area contributed by atoms with Gasteiger partial charge in [-0.1, -0.05) is 0 Å². The highest BCUT2D eigenvalue weighted by Gasteiger charge is 2.28. The van der Waals surface area contributed by atoms with E-state index in [0.717, 1.165) is 11.4 Å². The number of amides is 1. The summed E-state index contributed by atoms with van der Waals surface area (Å²) >= 11 is 5.55. The summed E-state index contributed by atoms with van der Waals surface area (Å²) in [6.45, 7) is 2.86. The van der Waals surface area contributed by atoms with Gasteiger partial charge in [0.15, 0.2) is 0 Å². The molecule has 0 saturated carbocycles. The molecule has 5 nitrogen and oxygen atoms in total. The molecule has 0 saturated heterocycles. The van der Waals surface area contributed by atoms with Crippen LogP contribution in [0.4, 0.5) is 5.69 Å². The van der Waals surface area contributed by atoms with Gasteiger partial charge in [-0.05, 0) is 6.92 Å². The van der Waals surface area contributed by atoms with E-state index in [1.165, 1.54) is 0 Å². The summed E-state index contributed by atoms with van der Waals surface area (Å²) in [5.74, 6) is 0.503. The average Bonchev–Trinajstić information content (AvgIpc) is 2.54. The maximum atomic E-state index is 11.6. The van der Waals surface area contributed by atoms with Crippen LogP contribution in [-0.4, -0.2) is 34.7 Å². The Balaban J connectivity index is 2.46. The Morgan fingerprint density at radius 1 is 1.67 bits per heavy atom. The molecule has 0 atom stereocenters. The Morgan fingerprint density at radius 2 is 2.40 bits per heavy atom. The fraction of sp³-hybridized carbons (Fsp3) is 0.556. The van der Waals surface area contributed by atoms with Gasteiger partial charge in [-0.15, -0.1) is 11.6 Å². The number of carbonyl (C=O) groups is 1. The van der Waals surface area contributed by atoms with Crippen molar-refractivity contribution in [3.63, 3.8) is 0 Å². The minimum absolute atomic E-state index is 0.0201. The molecule has 0 aromatic carbocycles. The monoisotopic (exact) mass is 229 g/mol. The van der Waals surface area contributed by atoms with E-state index in [9.17, 15) is 4.79 Å². The lowest BCUT2D eigenvalue weighted by molar-refractivity contribution is -0.116. The van der Waals surface area contributed by atoms with Gasteiger partial charge in [-0.3, -0.25) is 4.79 Å². The van der Waals surface area contributed by atoms with Crippen LogP contribution in [0.5, 0.6) is 5.88 Å². The van der Waals surface area contributed by atoms with Crippen LogP contribution in [0.3, 0.4) is 0 Å². The van der Waals surface area contributed by atoms with E-state index in [4.69, 9.17) is 16.3 Å². The predicted octanol–water partition coefficient (Wildman–Crippen LogP) is 0.693. The number of ether oxygens (including phenoxy) is 1. The Bertz CT molecular complexity index is 402. The number of aryl methyl sites for hydroxylation is 2. The lowest BCUT2D eigenvalue weighted by Gasteiger charge is -2.26. The number of rotatable bonds is 1. The second-order valence-electron chi connectivity index (χ2n) is 3.39. The number of hydrogen-bond donors (Lipinski definition) is 0. The number of hydrogen-bond acceptors (Lipinski definition) is 3. The predicted molar refractivity (Wildman–Crippen MR) is 56.5 cm³/mol. The molecule has 0 spiro atoms. The molecule has 15 heavy (non-hydrogen) atoms. The SMILES string of the molecule is Cc1nn(C)c2c1N(C(=O)CCl)CCO2. The summed E-state index contributed by atoms with van der Waals surface area (Å²) in [6, 6.07) is 0. The van der Waals surface area contributed by atoms with Crippen LogP contribution in [0.25, 0.3) is 0 Å². The zero-order valence-corrected chi connectivity index (χ0v) is 9.41. The van der Waals surface area contributed by atoms with Crippen molar-refractivity contribution in [2.24, 2.45) is 7.05 Å². The van der Waals surface area contributed by atoms with Crippen molar-refractivity contribution >= 4 is 23.2 Å². The second-order valence-corrected chi connectivity index (χ2v) is 3.66. The molecule has 0 radical (unpaired) electrons. The number of alkyl halides is 1. The normalized spacial score (nSPS) is 14.7. The first-order valence-electron chi connectivity index (χ1n) is 4.68. The van der Waals surface area contributed by atoms with E-state index in [0.29, 0.717) is 19.0 Å². The summed E-state index contributed by atoms with van der Waals surface area (Å²) < 4.78 is 7.10. The quantitative estimate of drug-likeness (QED) is 0.666. The first kappa shape index (κ1) is 10.3. The van der Waals surface area contributed by atoms with Crippen LogP contribution >= 0.6 is 11.6 Å². The Kier molecular flexibility index (Phi) is 2.56. The molecule has 1 aromatic rings. The van der Waals surface area contributed by atoms with E-state index in [-0.39, 0.29) is 11.8 Å². The first-order chi connectivity index (χ1) is 7.15. The first-order valence-corrected chi connectivity index (χ1v) is 5.21. The highest BCUT2D eigenvalue weighted by atomic mass is 35.5. The second kappa shape index (κ2) is 3.73. The molecule has 0 aliphatic carbocycles. The van der Waals surface area contributed by atoms with Crippen molar-refractivity contribution in [1.82, 2.24) is 9.78 Å². The number of carbonyl (C=O) groups excluding carboxylic acids is 1. The van der Waals surface area contributed by atoms with Crippen LogP contribution < -0.4 is 9.64 Å². The third-order valence-electron chi connectivity index (χ3n) is 2.38. The lowest BCUT2D eigenvalue weighted by Crippen LogP contribution is -2.39. The van der Waals surface area contributed by atoms with Gasteiger partial charge in [-0.2, -0.15) is 5.10 Å². The molecule has 2 heterocycles. The van der Waals surface area contributed by atoms with Gasteiger partial charge in [0.25, 0.3) is 0 Å². The summed E-state index contributed by atoms with van der Waals surface area (Å²) in [7, 11) is 1.79. The third kappa shape index (κ3) is 1.56. The van der Waals surface area contributed by atoms with Gasteiger partial charge in [0.1, 0.15) is 18.2 Å². The molecule has 1 amide bonds. The van der Waals surface area contributed by atoms with Crippen molar-refractivity contribution in [2.75, 3.05) is 23.9 Å². The van der Waals surface area contributed by atoms with E-state index in [2.05, 4.69) is 5.10 Å². The maximum absolute atomic E-state index is 11.6. The van der Waals surface area contributed by atoms with Crippen LogP contribution in [0, 0.1) is 6.92 Å². The van der Waals surface area contributed by atoms with Gasteiger partial charge in [0.2, 0.25) is 11.8 Å². The molecule has 0 bridgehead atoms. The van der Waals surface area contributed by atoms with Crippen molar-refractivity contribution in [2.45, 2.75) is 6.92 Å². The molecule has 0 N–H and O–H groups in total. The number of fused-ring (bicyclic) bond motifs is 1. The van der Waals surface area contributed by atoms with Crippen molar-refractivity contribution in [1.29, 1.82) is 0 Å². The molecule has 82 valence electrons. The van der Waals surface area contributed by atoms with Crippen molar-refractivity contribution < 1.29 is 9.53 Å². The zero-order valence-electron chi connectivity index (χ0n) is 8.66. The van der Waals surface area contributed by atoms with E-state index < -0.39 is 0 Å². The van der Waals surface area contributed by atoms with E-state index in [1.807, 2.05) is 6.92 Å². The van der Waals surface area contributed by atoms with E-state index >= 15 is 0 Å². The smallest absolute Gasteiger partial charge is 0.242 e. The molecule has 6 heteroatoms. The Labute approximate surface area is 92.6 Å². The average molecular weight is 230 g/mol. The third-order valence-corrected chi connectivity index (χ3v) is 2.61. The largest absolute Gasteiger partial charge is 0.474 e. The summed E-state index contributed by atoms with van der Waals surface area (Å²) in [6.07, 6.45) is 0.